The Morgan fingerprint density at radius 1 is 1.26 bits per heavy atom. The maximum absolute atomic E-state index is 11.6. The van der Waals surface area contributed by atoms with Crippen LogP contribution >= 0.6 is 0 Å². The fourth-order valence-corrected chi connectivity index (χ4v) is 2.33. The molecule has 0 heterocycles. The monoisotopic (exact) mass is 265 g/mol. The van der Waals surface area contributed by atoms with E-state index < -0.39 is 0 Å². The molecule has 1 atom stereocenters. The Morgan fingerprint density at radius 2 is 1.89 bits per heavy atom. The van der Waals surface area contributed by atoms with Crippen LogP contribution in [-0.2, 0) is 9.53 Å². The molecule has 0 bridgehead atoms. The normalized spacial score (nSPS) is 12.4. The molecule has 0 aromatic heterocycles. The molecular weight excluding hydrogens is 242 g/mol. The number of esters is 1. The number of aryl methyl sites for hydroxylation is 2. The maximum Gasteiger partial charge on any atom is 0.307 e. The second-order valence-corrected chi connectivity index (χ2v) is 4.96. The van der Waals surface area contributed by atoms with Crippen LogP contribution in [0.5, 0.6) is 5.75 Å². The van der Waals surface area contributed by atoms with Crippen LogP contribution < -0.4 is 4.74 Å². The summed E-state index contributed by atoms with van der Waals surface area (Å²) in [7, 11) is 6.97. The van der Waals surface area contributed by atoms with E-state index in [2.05, 4.69) is 12.1 Å². The van der Waals surface area contributed by atoms with Gasteiger partial charge in [-0.05, 0) is 33.5 Å². The largest absolute Gasteiger partial charge is 0.496 e. The summed E-state index contributed by atoms with van der Waals surface area (Å²) >= 11 is 0. The molecule has 106 valence electrons. The Kier molecular flexibility index (Phi) is 5.36. The zero-order chi connectivity index (χ0) is 14.6. The summed E-state index contributed by atoms with van der Waals surface area (Å²) in [5.41, 5.74) is 3.26. The van der Waals surface area contributed by atoms with E-state index in [1.807, 2.05) is 32.8 Å². The molecule has 1 aromatic carbocycles. The first-order valence-corrected chi connectivity index (χ1v) is 6.29. The molecule has 4 heteroatoms. The van der Waals surface area contributed by atoms with Crippen molar-refractivity contribution in [2.45, 2.75) is 26.3 Å². The predicted octanol–water partition coefficient (Wildman–Crippen LogP) is 2.48. The van der Waals surface area contributed by atoms with Gasteiger partial charge in [-0.1, -0.05) is 17.7 Å². The second kappa shape index (κ2) is 6.57. The Labute approximate surface area is 115 Å². The Bertz CT molecular complexity index is 455. The van der Waals surface area contributed by atoms with E-state index in [1.165, 1.54) is 7.11 Å². The Hall–Kier alpha value is -1.55. The molecule has 0 fully saturated rings. The second-order valence-electron chi connectivity index (χ2n) is 4.96. The van der Waals surface area contributed by atoms with Crippen molar-refractivity contribution in [1.82, 2.24) is 4.90 Å². The van der Waals surface area contributed by atoms with Gasteiger partial charge in [0.25, 0.3) is 0 Å². The number of rotatable bonds is 5. The topological polar surface area (TPSA) is 38.8 Å². The summed E-state index contributed by atoms with van der Waals surface area (Å²) < 4.78 is 10.3. The maximum atomic E-state index is 11.6. The molecule has 4 nitrogen and oxygen atoms in total. The van der Waals surface area contributed by atoms with E-state index in [-0.39, 0.29) is 12.0 Å². The van der Waals surface area contributed by atoms with E-state index in [0.29, 0.717) is 6.42 Å². The van der Waals surface area contributed by atoms with Crippen LogP contribution in [0, 0.1) is 13.8 Å². The number of methoxy groups -OCH3 is 2. The van der Waals surface area contributed by atoms with Crippen molar-refractivity contribution in [2.24, 2.45) is 0 Å². The Morgan fingerprint density at radius 3 is 2.37 bits per heavy atom. The summed E-state index contributed by atoms with van der Waals surface area (Å²) in [4.78, 5) is 13.6. The minimum Gasteiger partial charge on any atom is -0.496 e. The average Bonchev–Trinajstić information content (AvgIpc) is 2.34. The number of carbonyl (C=O) groups excluding carboxylic acids is 1. The summed E-state index contributed by atoms with van der Waals surface area (Å²) in [5.74, 6) is 0.619. The standard InChI is InChI=1S/C15H23NO3/c1-10-7-11(2)15(19-6)12(8-10)13(16(3)4)9-14(17)18-5/h7-8,13H,9H2,1-6H3. The third-order valence-corrected chi connectivity index (χ3v) is 3.22. The highest BCUT2D eigenvalue weighted by Gasteiger charge is 2.23. The van der Waals surface area contributed by atoms with Crippen molar-refractivity contribution in [1.29, 1.82) is 0 Å². The lowest BCUT2D eigenvalue weighted by atomic mass is 9.96. The van der Waals surface area contributed by atoms with E-state index in [0.717, 1.165) is 22.4 Å². The molecule has 0 amide bonds. The van der Waals surface area contributed by atoms with E-state index in [4.69, 9.17) is 9.47 Å². The summed E-state index contributed by atoms with van der Waals surface area (Å²) in [5, 5.41) is 0. The lowest BCUT2D eigenvalue weighted by Crippen LogP contribution is -2.24. The quantitative estimate of drug-likeness (QED) is 0.767. The molecule has 0 saturated carbocycles. The van der Waals surface area contributed by atoms with E-state index in [1.54, 1.807) is 7.11 Å². The van der Waals surface area contributed by atoms with Gasteiger partial charge in [0.15, 0.2) is 0 Å². The Balaban J connectivity index is 3.25. The van der Waals surface area contributed by atoms with Crippen molar-refractivity contribution in [3.8, 4) is 5.75 Å². The molecule has 19 heavy (non-hydrogen) atoms. The van der Waals surface area contributed by atoms with Gasteiger partial charge in [-0.25, -0.2) is 0 Å². The first-order chi connectivity index (χ1) is 8.90. The molecule has 0 radical (unpaired) electrons. The van der Waals surface area contributed by atoms with Crippen LogP contribution in [0.3, 0.4) is 0 Å². The highest BCUT2D eigenvalue weighted by molar-refractivity contribution is 5.70. The average molecular weight is 265 g/mol. The summed E-state index contributed by atoms with van der Waals surface area (Å²) in [6, 6.07) is 4.09. The van der Waals surface area contributed by atoms with Crippen molar-refractivity contribution in [2.75, 3.05) is 28.3 Å². The smallest absolute Gasteiger partial charge is 0.307 e. The number of nitrogens with zero attached hydrogens (tertiary/aromatic N) is 1. The van der Waals surface area contributed by atoms with Crippen LogP contribution in [0.4, 0.5) is 0 Å². The molecule has 1 unspecified atom stereocenters. The third-order valence-electron chi connectivity index (χ3n) is 3.22. The predicted molar refractivity (Wildman–Crippen MR) is 75.5 cm³/mol. The number of ether oxygens (including phenoxy) is 2. The van der Waals surface area contributed by atoms with Crippen LogP contribution in [0.15, 0.2) is 12.1 Å². The number of benzene rings is 1. The number of carbonyl (C=O) groups is 1. The van der Waals surface area contributed by atoms with Gasteiger partial charge in [0, 0.05) is 11.6 Å². The molecule has 0 aliphatic carbocycles. The molecule has 0 saturated heterocycles. The van der Waals surface area contributed by atoms with Crippen molar-refractivity contribution in [3.63, 3.8) is 0 Å². The molecule has 1 aromatic rings. The molecule has 0 N–H and O–H groups in total. The van der Waals surface area contributed by atoms with Gasteiger partial charge < -0.3 is 14.4 Å². The lowest BCUT2D eigenvalue weighted by molar-refractivity contribution is -0.141. The molecule has 0 spiro atoms. The van der Waals surface area contributed by atoms with Crippen molar-refractivity contribution < 1.29 is 14.3 Å². The van der Waals surface area contributed by atoms with Gasteiger partial charge in [-0.3, -0.25) is 4.79 Å². The third kappa shape index (κ3) is 3.70. The highest BCUT2D eigenvalue weighted by atomic mass is 16.5. The number of hydrogen-bond donors (Lipinski definition) is 0. The van der Waals surface area contributed by atoms with Crippen LogP contribution in [-0.4, -0.2) is 39.2 Å². The van der Waals surface area contributed by atoms with Gasteiger partial charge in [0.1, 0.15) is 5.75 Å². The van der Waals surface area contributed by atoms with Crippen LogP contribution in [0.2, 0.25) is 0 Å². The minimum atomic E-state index is -0.222. The number of hydrogen-bond acceptors (Lipinski definition) is 4. The highest BCUT2D eigenvalue weighted by Crippen LogP contribution is 2.34. The molecule has 0 aliphatic heterocycles. The minimum absolute atomic E-state index is 0.0546. The zero-order valence-corrected chi connectivity index (χ0v) is 12.6. The molecule has 0 aliphatic rings. The van der Waals surface area contributed by atoms with E-state index >= 15 is 0 Å². The summed E-state index contributed by atoms with van der Waals surface area (Å²) in [6.07, 6.45) is 0.308. The van der Waals surface area contributed by atoms with Gasteiger partial charge in [-0.15, -0.1) is 0 Å². The fourth-order valence-electron chi connectivity index (χ4n) is 2.33. The first kappa shape index (κ1) is 15.5. The van der Waals surface area contributed by atoms with Crippen LogP contribution in [0.25, 0.3) is 0 Å². The van der Waals surface area contributed by atoms with Crippen LogP contribution in [0.1, 0.15) is 29.2 Å². The van der Waals surface area contributed by atoms with Gasteiger partial charge in [0.2, 0.25) is 0 Å². The first-order valence-electron chi connectivity index (χ1n) is 6.29. The van der Waals surface area contributed by atoms with Gasteiger partial charge in [-0.2, -0.15) is 0 Å². The molecule has 1 rings (SSSR count). The SMILES string of the molecule is COC(=O)CC(c1cc(C)cc(C)c1OC)N(C)C. The van der Waals surface area contributed by atoms with Gasteiger partial charge in [0.05, 0.1) is 20.6 Å². The van der Waals surface area contributed by atoms with Gasteiger partial charge >= 0.3 is 5.97 Å². The molecular formula is C15H23NO3. The van der Waals surface area contributed by atoms with Crippen molar-refractivity contribution in [3.05, 3.63) is 28.8 Å². The lowest BCUT2D eigenvalue weighted by Gasteiger charge is -2.26. The summed E-state index contributed by atoms with van der Waals surface area (Å²) in [6.45, 7) is 4.06. The zero-order valence-electron chi connectivity index (χ0n) is 12.6. The fraction of sp³-hybridized carbons (Fsp3) is 0.533. The van der Waals surface area contributed by atoms with Crippen molar-refractivity contribution >= 4 is 5.97 Å². The van der Waals surface area contributed by atoms with E-state index in [9.17, 15) is 4.79 Å².